The predicted octanol–water partition coefficient (Wildman–Crippen LogP) is 11.5. The quantitative estimate of drug-likeness (QED) is 0.0258. The Labute approximate surface area is 340 Å². The van der Waals surface area contributed by atoms with Gasteiger partial charge in [0.1, 0.15) is 23.9 Å². The highest BCUT2D eigenvalue weighted by molar-refractivity contribution is 5.91. The number of ether oxygens (including phenoxy) is 6. The molecule has 0 bridgehead atoms. The topological polar surface area (TPSA) is 107 Å². The van der Waals surface area contributed by atoms with Crippen molar-refractivity contribution in [3.8, 4) is 17.2 Å². The molecular weight excluding hydrogens is 721 g/mol. The van der Waals surface area contributed by atoms with Gasteiger partial charge in [-0.05, 0) is 85.3 Å². The van der Waals surface area contributed by atoms with Crippen LogP contribution in [0.5, 0.6) is 17.2 Å². The molecule has 0 N–H and O–H groups in total. The summed E-state index contributed by atoms with van der Waals surface area (Å²) in [5.41, 5.74) is 2.52. The first-order valence-corrected chi connectivity index (χ1v) is 20.9. The molecule has 3 rings (SSSR count). The minimum Gasteiger partial charge on any atom is -0.494 e. The third-order valence-electron chi connectivity index (χ3n) is 9.38. The molecule has 0 fully saturated rings. The van der Waals surface area contributed by atoms with Gasteiger partial charge in [-0.3, -0.25) is 0 Å². The molecule has 0 radical (unpaired) electrons. The lowest BCUT2D eigenvalue weighted by atomic mass is 10.1. The highest BCUT2D eigenvalue weighted by Gasteiger charge is 2.09. The summed E-state index contributed by atoms with van der Waals surface area (Å²) in [7, 11) is 0. The molecule has 0 spiro atoms. The lowest BCUT2D eigenvalue weighted by Gasteiger charge is -2.10. The van der Waals surface area contributed by atoms with Crippen LogP contribution in [0.4, 0.5) is 0 Å². The Bertz CT molecular complexity index is 1550. The van der Waals surface area contributed by atoms with E-state index in [4.69, 9.17) is 28.4 Å². The zero-order valence-corrected chi connectivity index (χ0v) is 33.9. The first kappa shape index (κ1) is 46.5. The molecule has 3 aromatic rings. The third-order valence-corrected chi connectivity index (χ3v) is 9.38. The molecule has 9 heteroatoms. The molecular formula is C48H64O9. The number of carbonyl (C=O) groups excluding carboxylic acids is 3. The number of hydrogen-bond acceptors (Lipinski definition) is 9. The van der Waals surface area contributed by atoms with Crippen molar-refractivity contribution in [3.05, 3.63) is 115 Å². The van der Waals surface area contributed by atoms with Gasteiger partial charge in [-0.1, -0.05) is 121 Å². The highest BCUT2D eigenvalue weighted by atomic mass is 16.5. The molecule has 0 aliphatic heterocycles. The molecule has 3 aromatic carbocycles. The van der Waals surface area contributed by atoms with Gasteiger partial charge in [-0.15, -0.1) is 0 Å². The van der Waals surface area contributed by atoms with E-state index < -0.39 is 5.97 Å². The lowest BCUT2D eigenvalue weighted by molar-refractivity contribution is -0.138. The first-order chi connectivity index (χ1) is 28.0. The smallest absolute Gasteiger partial charge is 0.343 e. The zero-order valence-electron chi connectivity index (χ0n) is 33.9. The van der Waals surface area contributed by atoms with Crippen molar-refractivity contribution in [2.45, 2.75) is 122 Å². The number of carbonyl (C=O) groups is 3. The fraction of sp³-hybridized carbons (Fsp3) is 0.479. The van der Waals surface area contributed by atoms with Gasteiger partial charge in [0.05, 0.1) is 32.0 Å². The van der Waals surface area contributed by atoms with Crippen molar-refractivity contribution < 1.29 is 42.8 Å². The molecule has 9 nitrogen and oxygen atoms in total. The van der Waals surface area contributed by atoms with Crippen LogP contribution < -0.4 is 14.2 Å². The summed E-state index contributed by atoms with van der Waals surface area (Å²) in [6.07, 6.45) is 21.6. The number of benzene rings is 3. The SMILES string of the molecule is C=CC(=O)OCCCCCCCCCCCOc1ccc(COc2ccc(OC(=O)c3ccc(COCCCCCCCCCCOC(=O)C=C)cc3)cc2)cc1. The summed E-state index contributed by atoms with van der Waals surface area (Å²) < 4.78 is 33.3. The fourth-order valence-corrected chi connectivity index (χ4v) is 6.01. The van der Waals surface area contributed by atoms with Gasteiger partial charge in [0.2, 0.25) is 0 Å². The van der Waals surface area contributed by atoms with E-state index in [9.17, 15) is 14.4 Å². The average Bonchev–Trinajstić information content (AvgIpc) is 3.24. The van der Waals surface area contributed by atoms with Crippen LogP contribution in [0.1, 0.15) is 131 Å². The number of hydrogen-bond donors (Lipinski definition) is 0. The van der Waals surface area contributed by atoms with Crippen LogP contribution in [-0.4, -0.2) is 44.3 Å². The number of esters is 3. The summed E-state index contributed by atoms with van der Waals surface area (Å²) in [5.74, 6) is 0.884. The van der Waals surface area contributed by atoms with Gasteiger partial charge >= 0.3 is 17.9 Å². The maximum atomic E-state index is 12.7. The van der Waals surface area contributed by atoms with Crippen LogP contribution in [0.3, 0.4) is 0 Å². The first-order valence-electron chi connectivity index (χ1n) is 20.9. The van der Waals surface area contributed by atoms with E-state index in [2.05, 4.69) is 13.2 Å². The van der Waals surface area contributed by atoms with Crippen molar-refractivity contribution in [1.82, 2.24) is 0 Å². The van der Waals surface area contributed by atoms with Gasteiger partial charge in [0.25, 0.3) is 0 Å². The van der Waals surface area contributed by atoms with Crippen molar-refractivity contribution in [2.24, 2.45) is 0 Å². The summed E-state index contributed by atoms with van der Waals surface area (Å²) in [5, 5.41) is 0. The van der Waals surface area contributed by atoms with E-state index in [1.54, 1.807) is 36.4 Å². The van der Waals surface area contributed by atoms with Crippen LogP contribution >= 0.6 is 0 Å². The monoisotopic (exact) mass is 784 g/mol. The summed E-state index contributed by atoms with van der Waals surface area (Å²) in [6, 6.07) is 22.3. The van der Waals surface area contributed by atoms with Crippen LogP contribution in [0.2, 0.25) is 0 Å². The largest absolute Gasteiger partial charge is 0.494 e. The maximum absolute atomic E-state index is 12.7. The minimum atomic E-state index is -0.417. The van der Waals surface area contributed by atoms with Crippen molar-refractivity contribution in [2.75, 3.05) is 26.4 Å². The van der Waals surface area contributed by atoms with Crippen molar-refractivity contribution in [1.29, 1.82) is 0 Å². The number of rotatable bonds is 33. The molecule has 0 heterocycles. The molecule has 0 aromatic heterocycles. The molecule has 310 valence electrons. The van der Waals surface area contributed by atoms with E-state index in [0.717, 1.165) is 74.7 Å². The van der Waals surface area contributed by atoms with Crippen LogP contribution in [0.15, 0.2) is 98.1 Å². The predicted molar refractivity (Wildman–Crippen MR) is 225 cm³/mol. The molecule has 0 saturated carbocycles. The Morgan fingerprint density at radius 1 is 0.421 bits per heavy atom. The van der Waals surface area contributed by atoms with E-state index in [1.165, 1.54) is 63.5 Å². The standard InChI is InChI=1S/C48H64O9/c1-3-46(49)54-36-20-16-12-7-5-6-11-15-19-35-53-43-28-24-41(25-29-43)39-56-44-30-32-45(33-31-44)57-48(51)42-26-22-40(23-27-42)38-52-34-18-14-10-8-9-13-17-21-37-55-47(50)4-2/h3-4,22-33H,1-2,5-21,34-39H2. The normalized spacial score (nSPS) is 10.7. The van der Waals surface area contributed by atoms with Crippen LogP contribution in [0, 0.1) is 0 Å². The summed E-state index contributed by atoms with van der Waals surface area (Å²) in [4.78, 5) is 34.7. The van der Waals surface area contributed by atoms with Crippen LogP contribution in [-0.2, 0) is 37.0 Å². The van der Waals surface area contributed by atoms with Crippen molar-refractivity contribution in [3.63, 3.8) is 0 Å². The molecule has 0 atom stereocenters. The van der Waals surface area contributed by atoms with Gasteiger partial charge in [0, 0.05) is 18.8 Å². The average molecular weight is 785 g/mol. The Morgan fingerprint density at radius 3 is 1.32 bits per heavy atom. The van der Waals surface area contributed by atoms with E-state index in [0.29, 0.717) is 56.7 Å². The van der Waals surface area contributed by atoms with Gasteiger partial charge in [-0.2, -0.15) is 0 Å². The Kier molecular flexibility index (Phi) is 24.7. The summed E-state index contributed by atoms with van der Waals surface area (Å²) >= 11 is 0. The fourth-order valence-electron chi connectivity index (χ4n) is 6.01. The molecule has 0 saturated heterocycles. The zero-order chi connectivity index (χ0) is 40.6. The van der Waals surface area contributed by atoms with Gasteiger partial charge in [0.15, 0.2) is 0 Å². The Balaban J connectivity index is 1.18. The second-order valence-electron chi connectivity index (χ2n) is 14.1. The van der Waals surface area contributed by atoms with Gasteiger partial charge < -0.3 is 28.4 Å². The molecule has 0 aliphatic rings. The number of unbranched alkanes of at least 4 members (excludes halogenated alkanes) is 15. The van der Waals surface area contributed by atoms with E-state index >= 15 is 0 Å². The molecule has 0 unspecified atom stereocenters. The van der Waals surface area contributed by atoms with Crippen LogP contribution in [0.25, 0.3) is 0 Å². The van der Waals surface area contributed by atoms with E-state index in [1.807, 2.05) is 36.4 Å². The Morgan fingerprint density at radius 2 is 0.807 bits per heavy atom. The third kappa shape index (κ3) is 22.4. The van der Waals surface area contributed by atoms with Crippen molar-refractivity contribution >= 4 is 17.9 Å². The van der Waals surface area contributed by atoms with Gasteiger partial charge in [-0.25, -0.2) is 14.4 Å². The summed E-state index contributed by atoms with van der Waals surface area (Å²) in [6.45, 7) is 10.1. The molecule has 57 heavy (non-hydrogen) atoms. The second kappa shape index (κ2) is 30.3. The lowest BCUT2D eigenvalue weighted by Crippen LogP contribution is -2.08. The molecule has 0 amide bonds. The Hall–Kier alpha value is -4.89. The highest BCUT2D eigenvalue weighted by Crippen LogP contribution is 2.21. The second-order valence-corrected chi connectivity index (χ2v) is 14.1. The van der Waals surface area contributed by atoms with E-state index in [-0.39, 0.29) is 11.9 Å². The molecule has 0 aliphatic carbocycles. The maximum Gasteiger partial charge on any atom is 0.343 e. The minimum absolute atomic E-state index is 0.341.